The lowest BCUT2D eigenvalue weighted by atomic mass is 10.0. The fourth-order valence-electron chi connectivity index (χ4n) is 3.73. The summed E-state index contributed by atoms with van der Waals surface area (Å²) < 4.78 is 51.8. The molecule has 11 heteroatoms. The smallest absolute Gasteiger partial charge is 0.377 e. The van der Waals surface area contributed by atoms with Gasteiger partial charge in [-0.05, 0) is 36.7 Å². The molecule has 0 aliphatic carbocycles. The van der Waals surface area contributed by atoms with Gasteiger partial charge in [0.2, 0.25) is 0 Å². The molecule has 1 atom stereocenters. The zero-order valence-corrected chi connectivity index (χ0v) is 17.2. The number of fused-ring (bicyclic) bond motifs is 1. The third kappa shape index (κ3) is 3.53. The molecule has 0 radical (unpaired) electrons. The minimum absolute atomic E-state index is 0.00405. The van der Waals surface area contributed by atoms with Crippen molar-refractivity contribution in [1.29, 1.82) is 0 Å². The number of anilines is 1. The van der Waals surface area contributed by atoms with Crippen LogP contribution in [0.2, 0.25) is 0 Å². The second-order valence-corrected chi connectivity index (χ2v) is 8.00. The van der Waals surface area contributed by atoms with Gasteiger partial charge in [0.1, 0.15) is 17.0 Å². The second kappa shape index (κ2) is 7.57. The van der Waals surface area contributed by atoms with E-state index >= 15 is 0 Å². The van der Waals surface area contributed by atoms with E-state index < -0.39 is 11.9 Å². The van der Waals surface area contributed by atoms with E-state index in [4.69, 9.17) is 9.72 Å². The van der Waals surface area contributed by atoms with E-state index in [-0.39, 0.29) is 11.6 Å². The van der Waals surface area contributed by atoms with Gasteiger partial charge >= 0.3 is 6.18 Å². The number of aromatic amines is 1. The minimum Gasteiger partial charge on any atom is -0.377 e. The van der Waals surface area contributed by atoms with Crippen LogP contribution in [0.15, 0.2) is 36.7 Å². The van der Waals surface area contributed by atoms with Gasteiger partial charge in [-0.1, -0.05) is 6.07 Å². The highest BCUT2D eigenvalue weighted by molar-refractivity contribution is 7.14. The number of nitrogens with one attached hydrogen (secondary N) is 1. The number of rotatable bonds is 3. The maximum Gasteiger partial charge on any atom is 0.433 e. The van der Waals surface area contributed by atoms with Crippen LogP contribution in [0.4, 0.5) is 19.0 Å². The first-order chi connectivity index (χ1) is 14.9. The Morgan fingerprint density at radius 2 is 2.10 bits per heavy atom. The van der Waals surface area contributed by atoms with Gasteiger partial charge < -0.3 is 9.64 Å². The summed E-state index contributed by atoms with van der Waals surface area (Å²) in [5.74, 6) is 0.580. The van der Waals surface area contributed by atoms with Gasteiger partial charge in [0.15, 0.2) is 5.69 Å². The van der Waals surface area contributed by atoms with Crippen molar-refractivity contribution in [2.24, 2.45) is 0 Å². The van der Waals surface area contributed by atoms with Crippen molar-refractivity contribution in [2.45, 2.75) is 19.1 Å². The van der Waals surface area contributed by atoms with Gasteiger partial charge in [-0.2, -0.15) is 22.6 Å². The normalized spacial score (nSPS) is 17.4. The molecule has 1 aliphatic rings. The zero-order valence-electron chi connectivity index (χ0n) is 16.3. The Labute approximate surface area is 179 Å². The van der Waals surface area contributed by atoms with Gasteiger partial charge in [-0.15, -0.1) is 0 Å². The number of pyridine rings is 2. The summed E-state index contributed by atoms with van der Waals surface area (Å²) in [6.45, 7) is 3.63. The van der Waals surface area contributed by atoms with Crippen LogP contribution >= 0.6 is 11.5 Å². The quantitative estimate of drug-likeness (QED) is 0.503. The molecule has 0 bridgehead atoms. The molecule has 5 heterocycles. The molecule has 160 valence electrons. The predicted molar refractivity (Wildman–Crippen MR) is 111 cm³/mol. The summed E-state index contributed by atoms with van der Waals surface area (Å²) in [4.78, 5) is 10.5. The number of alkyl halides is 3. The molecule has 4 aromatic rings. The zero-order chi connectivity index (χ0) is 21.6. The Morgan fingerprint density at radius 1 is 1.23 bits per heavy atom. The van der Waals surface area contributed by atoms with Gasteiger partial charge in [0, 0.05) is 30.1 Å². The van der Waals surface area contributed by atoms with E-state index in [2.05, 4.69) is 19.6 Å². The molecule has 4 aromatic heterocycles. The molecule has 31 heavy (non-hydrogen) atoms. The number of nitrogens with zero attached hydrogens (tertiary/aromatic N) is 5. The first-order valence-electron chi connectivity index (χ1n) is 9.60. The Balaban J connectivity index is 1.78. The molecular weight excluding hydrogens is 429 g/mol. The molecule has 0 saturated carbocycles. The van der Waals surface area contributed by atoms with Gasteiger partial charge in [0.05, 0.1) is 29.6 Å². The maximum atomic E-state index is 13.7. The van der Waals surface area contributed by atoms with Crippen LogP contribution in [0.1, 0.15) is 12.6 Å². The molecule has 1 fully saturated rings. The minimum atomic E-state index is -4.59. The second-order valence-electron chi connectivity index (χ2n) is 7.22. The largest absolute Gasteiger partial charge is 0.433 e. The Bertz CT molecular complexity index is 1220. The fraction of sp³-hybridized carbons (Fsp3) is 0.300. The van der Waals surface area contributed by atoms with Gasteiger partial charge in [0.25, 0.3) is 0 Å². The van der Waals surface area contributed by atoms with Crippen molar-refractivity contribution in [3.8, 4) is 22.5 Å². The number of morpholine rings is 1. The summed E-state index contributed by atoms with van der Waals surface area (Å²) in [6.07, 6.45) is -1.84. The van der Waals surface area contributed by atoms with E-state index in [1.54, 1.807) is 18.3 Å². The van der Waals surface area contributed by atoms with Crippen molar-refractivity contribution in [1.82, 2.24) is 24.5 Å². The SMILES string of the molecule is CC1COCCN1c1cc(-c2cccnc2C(F)(F)F)c2snc(-c3ccn[nH]3)c2n1. The lowest BCUT2D eigenvalue weighted by Crippen LogP contribution is -2.44. The van der Waals surface area contributed by atoms with E-state index in [1.165, 1.54) is 12.1 Å². The average Bonchev–Trinajstić information content (AvgIpc) is 3.42. The summed E-state index contributed by atoms with van der Waals surface area (Å²) >= 11 is 1.11. The topological polar surface area (TPSA) is 79.8 Å². The first kappa shape index (κ1) is 19.9. The molecule has 1 unspecified atom stereocenters. The highest BCUT2D eigenvalue weighted by Gasteiger charge is 2.36. The average molecular weight is 446 g/mol. The van der Waals surface area contributed by atoms with Gasteiger partial charge in [-0.3, -0.25) is 10.1 Å². The van der Waals surface area contributed by atoms with Crippen LogP contribution in [0, 0.1) is 0 Å². The summed E-state index contributed by atoms with van der Waals surface area (Å²) in [5.41, 5.74) is 1.21. The van der Waals surface area contributed by atoms with E-state index in [1.807, 2.05) is 11.8 Å². The molecule has 0 spiro atoms. The van der Waals surface area contributed by atoms with Crippen molar-refractivity contribution in [3.05, 3.63) is 42.4 Å². The van der Waals surface area contributed by atoms with E-state index in [0.717, 1.165) is 17.7 Å². The Hall–Kier alpha value is -3.05. The third-order valence-corrected chi connectivity index (χ3v) is 6.07. The molecule has 1 N–H and O–H groups in total. The third-order valence-electron chi connectivity index (χ3n) is 5.20. The van der Waals surface area contributed by atoms with Crippen molar-refractivity contribution in [2.75, 3.05) is 24.7 Å². The molecular formula is C20H17F3N6OS. The van der Waals surface area contributed by atoms with Crippen molar-refractivity contribution < 1.29 is 17.9 Å². The predicted octanol–water partition coefficient (Wildman–Crippen LogP) is 4.39. The van der Waals surface area contributed by atoms with Crippen LogP contribution in [0.3, 0.4) is 0 Å². The van der Waals surface area contributed by atoms with Crippen LogP contribution in [0.25, 0.3) is 32.7 Å². The Morgan fingerprint density at radius 3 is 2.84 bits per heavy atom. The molecule has 5 rings (SSSR count). The number of hydrogen-bond acceptors (Lipinski definition) is 7. The lowest BCUT2D eigenvalue weighted by Gasteiger charge is -2.34. The van der Waals surface area contributed by atoms with Crippen LogP contribution in [-0.2, 0) is 10.9 Å². The summed E-state index contributed by atoms with van der Waals surface area (Å²) in [7, 11) is 0. The number of ether oxygens (including phenoxy) is 1. The molecule has 7 nitrogen and oxygen atoms in total. The number of aromatic nitrogens is 5. The first-order valence-corrected chi connectivity index (χ1v) is 10.4. The van der Waals surface area contributed by atoms with Crippen LogP contribution in [0.5, 0.6) is 0 Å². The highest BCUT2D eigenvalue weighted by Crippen LogP contribution is 2.42. The molecule has 0 amide bonds. The maximum absolute atomic E-state index is 13.7. The monoisotopic (exact) mass is 446 g/mol. The van der Waals surface area contributed by atoms with Crippen molar-refractivity contribution >= 4 is 27.6 Å². The molecule has 1 saturated heterocycles. The van der Waals surface area contributed by atoms with Crippen LogP contribution < -0.4 is 4.90 Å². The van der Waals surface area contributed by atoms with Crippen molar-refractivity contribution in [3.63, 3.8) is 0 Å². The molecule has 0 aromatic carbocycles. The number of halogens is 3. The van der Waals surface area contributed by atoms with E-state index in [9.17, 15) is 13.2 Å². The standard InChI is InChI=1S/C20H17F3N6OS/c1-11-10-30-8-7-29(11)15-9-13(12-3-2-5-24-19(12)20(21,22)23)18-17(26-15)16(28-31-18)14-4-6-25-27-14/h2-6,9,11H,7-8,10H2,1H3,(H,25,27). The van der Waals surface area contributed by atoms with Crippen LogP contribution in [-0.4, -0.2) is 50.3 Å². The molecule has 1 aliphatic heterocycles. The number of hydrogen-bond donors (Lipinski definition) is 1. The number of H-pyrrole nitrogens is 1. The lowest BCUT2D eigenvalue weighted by molar-refractivity contribution is -0.140. The highest BCUT2D eigenvalue weighted by atomic mass is 32.1. The fourth-order valence-corrected chi connectivity index (χ4v) is 4.60. The Kier molecular flexibility index (Phi) is 4.86. The van der Waals surface area contributed by atoms with Gasteiger partial charge in [-0.25, -0.2) is 4.98 Å². The van der Waals surface area contributed by atoms with E-state index in [0.29, 0.717) is 52.7 Å². The summed E-state index contributed by atoms with van der Waals surface area (Å²) in [6, 6.07) is 6.43. The summed E-state index contributed by atoms with van der Waals surface area (Å²) in [5, 5.41) is 6.83.